The Kier molecular flexibility index (Phi) is 6.15. The zero-order chi connectivity index (χ0) is 17.8. The molecule has 23 heavy (non-hydrogen) atoms. The molecule has 0 amide bonds. The Morgan fingerprint density at radius 1 is 1.35 bits per heavy atom. The lowest BCUT2D eigenvalue weighted by atomic mass is 10.0. The highest BCUT2D eigenvalue weighted by atomic mass is 16.6. The second kappa shape index (κ2) is 7.46. The van der Waals surface area contributed by atoms with Crippen molar-refractivity contribution in [1.82, 2.24) is 4.90 Å². The van der Waals surface area contributed by atoms with Crippen LogP contribution in [0.15, 0.2) is 29.4 Å². The summed E-state index contributed by atoms with van der Waals surface area (Å²) < 4.78 is 5.43. The van der Waals surface area contributed by atoms with Crippen LogP contribution in [-0.2, 0) is 9.53 Å². The molecule has 0 bridgehead atoms. The Morgan fingerprint density at radius 2 is 1.96 bits per heavy atom. The highest BCUT2D eigenvalue weighted by Gasteiger charge is 2.27. The predicted octanol–water partition coefficient (Wildman–Crippen LogP) is 2.50. The van der Waals surface area contributed by atoms with E-state index in [1.165, 1.54) is 0 Å². The van der Waals surface area contributed by atoms with Gasteiger partial charge in [0, 0.05) is 11.6 Å². The van der Waals surface area contributed by atoms with Gasteiger partial charge in [-0.25, -0.2) is 0 Å². The van der Waals surface area contributed by atoms with Gasteiger partial charge in [-0.05, 0) is 53.3 Å². The van der Waals surface area contributed by atoms with Crippen molar-refractivity contribution in [2.24, 2.45) is 10.9 Å². The summed E-state index contributed by atoms with van der Waals surface area (Å²) in [4.78, 5) is 14.2. The van der Waals surface area contributed by atoms with Crippen molar-refractivity contribution in [2.75, 3.05) is 7.05 Å². The third-order valence-electron chi connectivity index (χ3n) is 3.74. The minimum Gasteiger partial charge on any atom is -0.459 e. The number of oxime groups is 1. The molecular weight excluding hydrogens is 294 g/mol. The van der Waals surface area contributed by atoms with Gasteiger partial charge in [0.25, 0.3) is 0 Å². The number of hydrogen-bond acceptors (Lipinski definition) is 5. The first-order chi connectivity index (χ1) is 10.6. The van der Waals surface area contributed by atoms with Crippen molar-refractivity contribution < 1.29 is 14.7 Å². The molecule has 0 aliphatic carbocycles. The number of esters is 1. The number of hydrogen-bond donors (Lipinski definition) is 2. The zero-order valence-electron chi connectivity index (χ0n) is 14.7. The lowest BCUT2D eigenvalue weighted by molar-refractivity contribution is -0.161. The van der Waals surface area contributed by atoms with Crippen LogP contribution in [0.1, 0.15) is 51.8 Å². The molecule has 0 spiro atoms. The molecule has 3 N–H and O–H groups in total. The zero-order valence-corrected chi connectivity index (χ0v) is 14.7. The fourth-order valence-corrected chi connectivity index (χ4v) is 2.14. The van der Waals surface area contributed by atoms with Gasteiger partial charge >= 0.3 is 5.97 Å². The van der Waals surface area contributed by atoms with Crippen LogP contribution in [0.3, 0.4) is 0 Å². The molecule has 128 valence electrons. The molecule has 0 heterocycles. The summed E-state index contributed by atoms with van der Waals surface area (Å²) in [6.45, 7) is 9.36. The molecule has 0 saturated heterocycles. The number of amidine groups is 1. The van der Waals surface area contributed by atoms with Gasteiger partial charge in [0.2, 0.25) is 0 Å². The van der Waals surface area contributed by atoms with Crippen molar-refractivity contribution in [2.45, 2.75) is 52.3 Å². The molecule has 0 aliphatic rings. The van der Waals surface area contributed by atoms with Gasteiger partial charge in [-0.1, -0.05) is 23.4 Å². The Morgan fingerprint density at radius 3 is 2.48 bits per heavy atom. The van der Waals surface area contributed by atoms with E-state index in [9.17, 15) is 4.79 Å². The van der Waals surface area contributed by atoms with Crippen molar-refractivity contribution in [3.05, 3.63) is 35.4 Å². The monoisotopic (exact) mass is 321 g/mol. The van der Waals surface area contributed by atoms with Crippen LogP contribution in [0.4, 0.5) is 0 Å². The minimum atomic E-state index is -0.513. The van der Waals surface area contributed by atoms with Crippen molar-refractivity contribution in [1.29, 1.82) is 0 Å². The van der Waals surface area contributed by atoms with E-state index in [1.807, 2.05) is 64.8 Å². The maximum absolute atomic E-state index is 12.2. The quantitative estimate of drug-likeness (QED) is 0.286. The number of carbonyl (C=O) groups excluding carboxylic acids is 1. The molecule has 6 heteroatoms. The molecule has 0 aliphatic heterocycles. The first kappa shape index (κ1) is 19.0. The smallest absolute Gasteiger partial charge is 0.323 e. The summed E-state index contributed by atoms with van der Waals surface area (Å²) >= 11 is 0. The van der Waals surface area contributed by atoms with Crippen molar-refractivity contribution in [3.8, 4) is 0 Å². The average Bonchev–Trinajstić information content (AvgIpc) is 2.50. The number of nitrogens with two attached hydrogens (primary N) is 1. The minimum absolute atomic E-state index is 0.0380. The van der Waals surface area contributed by atoms with Crippen LogP contribution < -0.4 is 5.73 Å². The normalized spacial score (nSPS) is 15.3. The largest absolute Gasteiger partial charge is 0.459 e. The Bertz CT molecular complexity index is 579. The predicted molar refractivity (Wildman–Crippen MR) is 90.4 cm³/mol. The maximum atomic E-state index is 12.2. The number of benzene rings is 1. The molecule has 1 aromatic rings. The average molecular weight is 321 g/mol. The molecule has 1 aromatic carbocycles. The van der Waals surface area contributed by atoms with Gasteiger partial charge in [-0.3, -0.25) is 9.69 Å². The Hall–Kier alpha value is -2.08. The number of nitrogens with zero attached hydrogens (tertiary/aromatic N) is 2. The number of rotatable bonds is 5. The third-order valence-corrected chi connectivity index (χ3v) is 3.74. The number of carbonyl (C=O) groups is 1. The van der Waals surface area contributed by atoms with Gasteiger partial charge in [0.05, 0.1) is 0 Å². The maximum Gasteiger partial charge on any atom is 0.323 e. The van der Waals surface area contributed by atoms with Crippen LogP contribution in [0, 0.1) is 0 Å². The lowest BCUT2D eigenvalue weighted by Gasteiger charge is -2.32. The summed E-state index contributed by atoms with van der Waals surface area (Å²) in [6.07, 6.45) is 0. The second-order valence-electron chi connectivity index (χ2n) is 6.66. The van der Waals surface area contributed by atoms with E-state index in [4.69, 9.17) is 15.7 Å². The van der Waals surface area contributed by atoms with Gasteiger partial charge in [0.1, 0.15) is 11.6 Å². The first-order valence-electron chi connectivity index (χ1n) is 7.59. The molecule has 1 unspecified atom stereocenters. The molecule has 0 saturated carbocycles. The van der Waals surface area contributed by atoms with Gasteiger partial charge in [-0.15, -0.1) is 0 Å². The molecule has 0 fully saturated rings. The molecule has 0 aromatic heterocycles. The highest BCUT2D eigenvalue weighted by molar-refractivity contribution is 5.97. The fraction of sp³-hybridized carbons (Fsp3) is 0.529. The van der Waals surface area contributed by atoms with Crippen LogP contribution in [0.2, 0.25) is 0 Å². The molecular formula is C17H27N3O3. The molecule has 2 atom stereocenters. The third kappa shape index (κ3) is 5.25. The van der Waals surface area contributed by atoms with Gasteiger partial charge in [0.15, 0.2) is 5.84 Å². The standard InChI is InChI=1S/C17H27N3O3/c1-11(13-8-7-9-14(10-13)15(18)19-22)20(6)12(2)16(21)23-17(3,4)5/h7-12,22H,1-6H3,(H2,18,19)/t11?,12-/m0/s1. The summed E-state index contributed by atoms with van der Waals surface area (Å²) in [5.41, 5.74) is 6.72. The Balaban J connectivity index is 2.92. The molecule has 6 nitrogen and oxygen atoms in total. The van der Waals surface area contributed by atoms with Crippen molar-refractivity contribution in [3.63, 3.8) is 0 Å². The van der Waals surface area contributed by atoms with E-state index >= 15 is 0 Å². The van der Waals surface area contributed by atoms with Crippen LogP contribution in [0.25, 0.3) is 0 Å². The fourth-order valence-electron chi connectivity index (χ4n) is 2.14. The van der Waals surface area contributed by atoms with Crippen LogP contribution in [-0.4, -0.2) is 40.6 Å². The SMILES string of the molecule is CC(c1cccc(C(N)=NO)c1)N(C)[C@@H](C)C(=O)OC(C)(C)C. The van der Waals surface area contributed by atoms with Gasteiger partial charge in [-0.2, -0.15) is 0 Å². The summed E-state index contributed by atoms with van der Waals surface area (Å²) in [7, 11) is 1.87. The van der Waals surface area contributed by atoms with Crippen molar-refractivity contribution >= 4 is 11.8 Å². The number of ether oxygens (including phenoxy) is 1. The van der Waals surface area contributed by atoms with E-state index in [1.54, 1.807) is 6.07 Å². The highest BCUT2D eigenvalue weighted by Crippen LogP contribution is 2.23. The summed E-state index contributed by atoms with van der Waals surface area (Å²) in [5, 5.41) is 11.8. The lowest BCUT2D eigenvalue weighted by Crippen LogP contribution is -2.41. The van der Waals surface area contributed by atoms with E-state index in [0.29, 0.717) is 5.56 Å². The first-order valence-corrected chi connectivity index (χ1v) is 7.59. The van der Waals surface area contributed by atoms with E-state index < -0.39 is 11.6 Å². The van der Waals surface area contributed by atoms with E-state index in [2.05, 4.69) is 5.16 Å². The van der Waals surface area contributed by atoms with E-state index in [0.717, 1.165) is 5.56 Å². The van der Waals surface area contributed by atoms with Crippen LogP contribution >= 0.6 is 0 Å². The molecule has 0 radical (unpaired) electrons. The summed E-state index contributed by atoms with van der Waals surface area (Å²) in [6, 6.07) is 6.96. The molecule has 1 rings (SSSR count). The van der Waals surface area contributed by atoms with E-state index in [-0.39, 0.29) is 17.8 Å². The second-order valence-corrected chi connectivity index (χ2v) is 6.66. The van der Waals surface area contributed by atoms with Crippen LogP contribution in [0.5, 0.6) is 0 Å². The number of likely N-dealkylation sites (N-methyl/N-ethyl adjacent to an activating group) is 1. The van der Waals surface area contributed by atoms with Gasteiger partial charge < -0.3 is 15.7 Å². The Labute approximate surface area is 137 Å². The summed E-state index contributed by atoms with van der Waals surface area (Å²) in [5.74, 6) is -0.207. The topological polar surface area (TPSA) is 88.2 Å².